The summed E-state index contributed by atoms with van der Waals surface area (Å²) in [5, 5.41) is 8.58. The van der Waals surface area contributed by atoms with Gasteiger partial charge in [0.15, 0.2) is 0 Å². The van der Waals surface area contributed by atoms with Crippen LogP contribution in [0, 0.1) is 5.92 Å². The zero-order chi connectivity index (χ0) is 20.5. The van der Waals surface area contributed by atoms with E-state index in [1.807, 2.05) is 63.2 Å². The van der Waals surface area contributed by atoms with Crippen LogP contribution >= 0.6 is 0 Å². The van der Waals surface area contributed by atoms with Crippen molar-refractivity contribution in [2.75, 3.05) is 12.4 Å². The molecule has 150 valence electrons. The number of ether oxygens (including phenoxy) is 1. The lowest BCUT2D eigenvalue weighted by Gasteiger charge is -2.25. The molecule has 0 heterocycles. The lowest BCUT2D eigenvalue weighted by Crippen LogP contribution is -2.51. The molecule has 0 radical (unpaired) electrons. The topological polar surface area (TPSA) is 79.5 Å². The minimum Gasteiger partial charge on any atom is -0.497 e. The molecule has 28 heavy (non-hydrogen) atoms. The molecular formula is C22H29N3O3. The second-order valence-electron chi connectivity index (χ2n) is 6.93. The first-order valence-corrected chi connectivity index (χ1v) is 9.51. The highest BCUT2D eigenvalue weighted by atomic mass is 16.5. The molecule has 3 amide bonds. The Morgan fingerprint density at radius 1 is 0.964 bits per heavy atom. The summed E-state index contributed by atoms with van der Waals surface area (Å²) in [7, 11) is 1.62. The first kappa shape index (κ1) is 21.3. The molecule has 0 spiro atoms. The predicted molar refractivity (Wildman–Crippen MR) is 111 cm³/mol. The van der Waals surface area contributed by atoms with Gasteiger partial charge in [0.05, 0.1) is 13.2 Å². The number of methoxy groups -OCH3 is 1. The fourth-order valence-electron chi connectivity index (χ4n) is 2.88. The fourth-order valence-corrected chi connectivity index (χ4v) is 2.88. The van der Waals surface area contributed by atoms with Crippen molar-refractivity contribution < 1.29 is 14.3 Å². The van der Waals surface area contributed by atoms with Crippen LogP contribution in [0.4, 0.5) is 10.5 Å². The zero-order valence-corrected chi connectivity index (χ0v) is 16.9. The Kier molecular flexibility index (Phi) is 7.87. The van der Waals surface area contributed by atoms with Gasteiger partial charge in [-0.2, -0.15) is 0 Å². The van der Waals surface area contributed by atoms with Gasteiger partial charge in [0.1, 0.15) is 11.8 Å². The second kappa shape index (κ2) is 10.3. The minimum absolute atomic E-state index is 0.0603. The second-order valence-corrected chi connectivity index (χ2v) is 6.93. The lowest BCUT2D eigenvalue weighted by atomic mass is 10.0. The minimum atomic E-state index is -0.643. The number of carbonyl (C=O) groups excluding carboxylic acids is 2. The molecule has 0 aliphatic heterocycles. The average Bonchev–Trinajstić information content (AvgIpc) is 2.70. The van der Waals surface area contributed by atoms with Gasteiger partial charge in [0, 0.05) is 5.69 Å². The van der Waals surface area contributed by atoms with Crippen LogP contribution in [-0.2, 0) is 4.79 Å². The normalized spacial score (nSPS) is 12.8. The molecule has 6 heteroatoms. The fraction of sp³-hybridized carbons (Fsp3) is 0.364. The number of hydrogen-bond acceptors (Lipinski definition) is 3. The van der Waals surface area contributed by atoms with Gasteiger partial charge in [0.25, 0.3) is 0 Å². The maximum absolute atomic E-state index is 12.9. The summed E-state index contributed by atoms with van der Waals surface area (Å²) in [4.78, 5) is 25.2. The number of hydrogen-bond donors (Lipinski definition) is 3. The van der Waals surface area contributed by atoms with Crippen LogP contribution in [0.25, 0.3) is 0 Å². The molecule has 6 nitrogen and oxygen atoms in total. The van der Waals surface area contributed by atoms with E-state index in [0.717, 1.165) is 17.7 Å². The Balaban J connectivity index is 2.02. The number of benzene rings is 2. The molecule has 0 aliphatic rings. The third kappa shape index (κ3) is 6.01. The van der Waals surface area contributed by atoms with Crippen molar-refractivity contribution in [1.82, 2.24) is 10.6 Å². The maximum Gasteiger partial charge on any atom is 0.319 e. The van der Waals surface area contributed by atoms with Crippen molar-refractivity contribution >= 4 is 17.6 Å². The highest BCUT2D eigenvalue weighted by molar-refractivity contribution is 5.93. The number of anilines is 1. The van der Waals surface area contributed by atoms with Crippen LogP contribution < -0.4 is 20.7 Å². The molecule has 2 rings (SSSR count). The summed E-state index contributed by atoms with van der Waals surface area (Å²) in [6, 6.07) is 15.6. The Morgan fingerprint density at radius 2 is 1.61 bits per heavy atom. The summed E-state index contributed by atoms with van der Waals surface area (Å²) >= 11 is 0. The molecular weight excluding hydrogens is 354 g/mol. The summed E-state index contributed by atoms with van der Waals surface area (Å²) in [6.07, 6.45) is 0.735. The van der Waals surface area contributed by atoms with Gasteiger partial charge in [0.2, 0.25) is 5.91 Å². The van der Waals surface area contributed by atoms with Crippen molar-refractivity contribution in [3.05, 3.63) is 60.2 Å². The largest absolute Gasteiger partial charge is 0.497 e. The number of carbonyl (C=O) groups is 2. The molecule has 2 atom stereocenters. The average molecular weight is 383 g/mol. The van der Waals surface area contributed by atoms with E-state index in [1.165, 1.54) is 0 Å². The third-order valence-corrected chi connectivity index (χ3v) is 4.51. The zero-order valence-electron chi connectivity index (χ0n) is 16.9. The van der Waals surface area contributed by atoms with Crippen molar-refractivity contribution in [3.8, 4) is 5.75 Å². The highest BCUT2D eigenvalue weighted by Gasteiger charge is 2.26. The number of para-hydroxylation sites is 1. The first-order valence-electron chi connectivity index (χ1n) is 9.51. The van der Waals surface area contributed by atoms with Gasteiger partial charge >= 0.3 is 6.03 Å². The molecule has 2 unspecified atom stereocenters. The van der Waals surface area contributed by atoms with E-state index in [9.17, 15) is 9.59 Å². The monoisotopic (exact) mass is 383 g/mol. The highest BCUT2D eigenvalue weighted by Crippen LogP contribution is 2.20. The van der Waals surface area contributed by atoms with E-state index in [1.54, 1.807) is 19.2 Å². The number of urea groups is 1. The van der Waals surface area contributed by atoms with Crippen LogP contribution in [0.3, 0.4) is 0 Å². The smallest absolute Gasteiger partial charge is 0.319 e. The first-order chi connectivity index (χ1) is 13.4. The van der Waals surface area contributed by atoms with Gasteiger partial charge in [-0.1, -0.05) is 51.1 Å². The molecule has 2 aromatic carbocycles. The van der Waals surface area contributed by atoms with Crippen molar-refractivity contribution in [2.24, 2.45) is 5.92 Å². The molecule has 0 bridgehead atoms. The van der Waals surface area contributed by atoms with Gasteiger partial charge < -0.3 is 20.7 Å². The van der Waals surface area contributed by atoms with Gasteiger partial charge in [-0.3, -0.25) is 4.79 Å². The number of rotatable bonds is 8. The van der Waals surface area contributed by atoms with Gasteiger partial charge in [-0.25, -0.2) is 4.79 Å². The Bertz CT molecular complexity index is 760. The van der Waals surface area contributed by atoms with E-state index >= 15 is 0 Å². The van der Waals surface area contributed by atoms with Crippen LogP contribution in [0.2, 0.25) is 0 Å². The van der Waals surface area contributed by atoms with E-state index in [0.29, 0.717) is 5.69 Å². The molecule has 0 aromatic heterocycles. The van der Waals surface area contributed by atoms with Crippen molar-refractivity contribution in [1.29, 1.82) is 0 Å². The summed E-state index contributed by atoms with van der Waals surface area (Å²) < 4.78 is 5.18. The summed E-state index contributed by atoms with van der Waals surface area (Å²) in [5.41, 5.74) is 1.67. The molecule has 0 fully saturated rings. The van der Waals surface area contributed by atoms with E-state index in [-0.39, 0.29) is 17.9 Å². The lowest BCUT2D eigenvalue weighted by molar-refractivity contribution is -0.124. The number of nitrogens with one attached hydrogen (secondary N) is 3. The van der Waals surface area contributed by atoms with Crippen LogP contribution in [-0.4, -0.2) is 25.1 Å². The van der Waals surface area contributed by atoms with Gasteiger partial charge in [-0.05, 0) is 42.2 Å². The van der Waals surface area contributed by atoms with Crippen molar-refractivity contribution in [3.63, 3.8) is 0 Å². The molecule has 0 saturated carbocycles. The Hall–Kier alpha value is -3.02. The SMILES string of the molecule is CCC(NC(=O)C(NC(=O)Nc1ccccc1)C(C)C)c1ccc(OC)cc1. The van der Waals surface area contributed by atoms with Crippen molar-refractivity contribution in [2.45, 2.75) is 39.3 Å². The van der Waals surface area contributed by atoms with E-state index in [2.05, 4.69) is 16.0 Å². The summed E-state index contributed by atoms with van der Waals surface area (Å²) in [6.45, 7) is 5.82. The van der Waals surface area contributed by atoms with Crippen LogP contribution in [0.1, 0.15) is 38.8 Å². The maximum atomic E-state index is 12.9. The molecule has 0 aliphatic carbocycles. The predicted octanol–water partition coefficient (Wildman–Crippen LogP) is 4.11. The van der Waals surface area contributed by atoms with Gasteiger partial charge in [-0.15, -0.1) is 0 Å². The third-order valence-electron chi connectivity index (χ3n) is 4.51. The Labute approximate surface area is 166 Å². The molecule has 0 saturated heterocycles. The van der Waals surface area contributed by atoms with Crippen LogP contribution in [0.15, 0.2) is 54.6 Å². The van der Waals surface area contributed by atoms with E-state index in [4.69, 9.17) is 4.74 Å². The van der Waals surface area contributed by atoms with E-state index < -0.39 is 12.1 Å². The van der Waals surface area contributed by atoms with Crippen LogP contribution in [0.5, 0.6) is 5.75 Å². The summed E-state index contributed by atoms with van der Waals surface area (Å²) in [5.74, 6) is 0.500. The Morgan fingerprint density at radius 3 is 2.14 bits per heavy atom. The molecule has 2 aromatic rings. The molecule has 3 N–H and O–H groups in total. The number of amides is 3. The quantitative estimate of drug-likeness (QED) is 0.642. The standard InChI is InChI=1S/C22H29N3O3/c1-5-19(16-11-13-18(28-4)14-12-16)24-21(26)20(15(2)3)25-22(27)23-17-9-7-6-8-10-17/h6-15,19-20H,5H2,1-4H3,(H,24,26)(H2,23,25,27).